The number of nitrogens with one attached hydrogen (secondary N) is 3. The van der Waals surface area contributed by atoms with Gasteiger partial charge in [0.1, 0.15) is 18.5 Å². The number of phenolic OH excluding ortho intramolecular Hbond substituents is 1. The van der Waals surface area contributed by atoms with E-state index in [1.165, 1.54) is 40.1 Å². The average Bonchev–Trinajstić information content (AvgIpc) is 4.19. The number of hydrogen-bond acceptors (Lipinski definition) is 18. The largest absolute Gasteiger partial charge is 0.507 e. The van der Waals surface area contributed by atoms with Crippen LogP contribution in [-0.2, 0) is 16.1 Å². The number of allylic oxidation sites excluding steroid dienone is 1. The number of aromatic hydroxyl groups is 1. The number of aromatic nitrogens is 5. The predicted octanol–water partition coefficient (Wildman–Crippen LogP) is 6.38. The molecule has 394 valence electrons. The second kappa shape index (κ2) is 23.5. The van der Waals surface area contributed by atoms with Gasteiger partial charge in [-0.3, -0.25) is 4.79 Å². The molecule has 5 N–H and O–H groups in total. The first-order valence-corrected chi connectivity index (χ1v) is 27.1. The lowest BCUT2D eigenvalue weighted by molar-refractivity contribution is -0.133. The Labute approximate surface area is 439 Å². The fraction of sp³-hybridized carbons (Fsp3) is 0.509. The van der Waals surface area contributed by atoms with E-state index in [1.807, 2.05) is 83.2 Å². The van der Waals surface area contributed by atoms with Crippen molar-refractivity contribution >= 4 is 52.6 Å². The molecule has 1 saturated carbocycles. The Morgan fingerprint density at radius 3 is 2.23 bits per heavy atom. The fourth-order valence-electron chi connectivity index (χ4n) is 11.6. The van der Waals surface area contributed by atoms with Gasteiger partial charge >= 0.3 is 0 Å². The maximum Gasteiger partial charge on any atom is 0.233 e. The van der Waals surface area contributed by atoms with Gasteiger partial charge in [-0.15, -0.1) is 22.0 Å². The Morgan fingerprint density at radius 2 is 1.61 bits per heavy atom. The lowest BCUT2D eigenvalue weighted by Crippen LogP contribution is -2.67. The molecule has 5 aliphatic heterocycles. The number of rotatable bonds is 13. The van der Waals surface area contributed by atoms with Gasteiger partial charge in [0.25, 0.3) is 0 Å². The van der Waals surface area contributed by atoms with E-state index in [4.69, 9.17) is 19.3 Å². The average molecular weight is 1030 g/mol. The molecular formula is C55H73N13O5S. The number of carbonyl (C=O) groups excluding carboxylic acids is 2. The number of phenols is 1. The molecule has 2 atom stereocenters. The first kappa shape index (κ1) is 52.6. The fourth-order valence-corrected chi connectivity index (χ4v) is 12.6. The first-order valence-electron chi connectivity index (χ1n) is 26.2. The second-order valence-electron chi connectivity index (χ2n) is 20.9. The van der Waals surface area contributed by atoms with Crippen molar-refractivity contribution < 1.29 is 24.3 Å². The van der Waals surface area contributed by atoms with Gasteiger partial charge in [-0.1, -0.05) is 55.4 Å². The molecule has 2 aromatic carbocycles. The van der Waals surface area contributed by atoms with E-state index in [0.29, 0.717) is 59.7 Å². The first-order chi connectivity index (χ1) is 36.0. The Morgan fingerprint density at radius 1 is 0.905 bits per heavy atom. The van der Waals surface area contributed by atoms with Crippen molar-refractivity contribution in [3.05, 3.63) is 101 Å². The Kier molecular flexibility index (Phi) is 16.7. The molecule has 1 amide bonds. The van der Waals surface area contributed by atoms with Gasteiger partial charge in [0, 0.05) is 112 Å². The van der Waals surface area contributed by atoms with Crippen molar-refractivity contribution in [2.24, 2.45) is 11.3 Å². The zero-order valence-corrected chi connectivity index (χ0v) is 44.4. The zero-order chi connectivity index (χ0) is 51.9. The number of piperidine rings is 1. The molecule has 5 fully saturated rings. The van der Waals surface area contributed by atoms with Gasteiger partial charge in [-0.25, -0.2) is 9.97 Å². The molecule has 1 aliphatic carbocycles. The van der Waals surface area contributed by atoms with Crippen LogP contribution in [0.4, 0.5) is 23.3 Å². The van der Waals surface area contributed by atoms with Crippen LogP contribution in [0.3, 0.4) is 0 Å². The molecule has 2 unspecified atom stereocenters. The second-order valence-corrected chi connectivity index (χ2v) is 21.9. The summed E-state index contributed by atoms with van der Waals surface area (Å²) in [6, 6.07) is 20.6. The topological polar surface area (TPSA) is 204 Å². The van der Waals surface area contributed by atoms with Crippen LogP contribution >= 0.6 is 11.8 Å². The Balaban J connectivity index is 0.000000337. The Hall–Kier alpha value is -6.28. The highest BCUT2D eigenvalue weighted by molar-refractivity contribution is 8.08. The molecule has 3 aromatic heterocycles. The number of piperazine rings is 1. The number of benzene rings is 2. The smallest absolute Gasteiger partial charge is 0.233 e. The highest BCUT2D eigenvalue weighted by atomic mass is 32.2. The number of amides is 1. The van der Waals surface area contributed by atoms with Crippen LogP contribution < -0.4 is 30.7 Å². The third-order valence-corrected chi connectivity index (χ3v) is 16.8. The standard InChI is InChI=1S/C42H55N11O4.C12H16N2S.CH2O/c1-27(2)38(40(56)52-13-10-31(54)24-52)36-19-37(48-57-36)53-25-42(26-53)20-30(21-42)49-11-8-28(9-12-49)29-22-44-41(45-23-29)51-16-14-50(15-17-51)34-18-33(46-47-39(34)43-3)32-6-4-5-7-35(32)55;1-9-12(15-8-14-9)11-5-3-10(4-6-11)7-13-2;1-2/h4-7,18-19,22-23,27-28,30-31,38,54-55H,8-17,20-21,24-26H2,1-3H3,(H,43,47);3-6,13-14H,7-8H2,1-2H3;1H2. The van der Waals surface area contributed by atoms with Crippen LogP contribution in [0.25, 0.3) is 16.2 Å². The van der Waals surface area contributed by atoms with Gasteiger partial charge in [-0.2, -0.15) is 0 Å². The summed E-state index contributed by atoms with van der Waals surface area (Å²) < 4.78 is 5.78. The SMILES string of the molecule is C=O.CNCc1ccc(C2=C(C)NCS2)cc1.CNc1nnc(-c2ccccc2O)cc1N1CCN(c2ncc(C3CCN(C4CC5(C4)CN(c4cc(C(C(=O)N6CCC(O)C6)C(C)C)on4)C5)CC3)cn2)CC1. The third-order valence-electron chi connectivity index (χ3n) is 15.7. The van der Waals surface area contributed by atoms with Gasteiger partial charge in [0.15, 0.2) is 17.4 Å². The van der Waals surface area contributed by atoms with E-state index in [0.717, 1.165) is 95.1 Å². The van der Waals surface area contributed by atoms with Crippen molar-refractivity contribution in [1.29, 1.82) is 0 Å². The predicted molar refractivity (Wildman–Crippen MR) is 292 cm³/mol. The number of anilines is 4. The highest BCUT2D eigenvalue weighted by Crippen LogP contribution is 2.52. The van der Waals surface area contributed by atoms with Crippen LogP contribution in [0.1, 0.15) is 87.2 Å². The number of likely N-dealkylation sites (tertiary alicyclic amines) is 2. The summed E-state index contributed by atoms with van der Waals surface area (Å²) in [5.41, 5.74) is 7.81. The number of hydrogen-bond donors (Lipinski definition) is 5. The van der Waals surface area contributed by atoms with Crippen molar-refractivity contribution in [3.8, 4) is 17.0 Å². The summed E-state index contributed by atoms with van der Waals surface area (Å²) in [7, 11) is 3.82. The molecule has 74 heavy (non-hydrogen) atoms. The van der Waals surface area contributed by atoms with Crippen LogP contribution in [0.15, 0.2) is 83.3 Å². The van der Waals surface area contributed by atoms with E-state index in [-0.39, 0.29) is 23.5 Å². The highest BCUT2D eigenvalue weighted by Gasteiger charge is 2.54. The van der Waals surface area contributed by atoms with Crippen molar-refractivity contribution in [3.63, 3.8) is 0 Å². The molecule has 19 heteroatoms. The Bertz CT molecular complexity index is 2690. The van der Waals surface area contributed by atoms with Crippen LogP contribution in [0, 0.1) is 11.3 Å². The minimum atomic E-state index is -0.436. The van der Waals surface area contributed by atoms with Crippen molar-refractivity contribution in [2.75, 3.05) is 105 Å². The number of carbonyl (C=O) groups is 2. The summed E-state index contributed by atoms with van der Waals surface area (Å²) in [6.07, 6.45) is 8.99. The molecule has 6 aliphatic rings. The molecule has 1 spiro atoms. The van der Waals surface area contributed by atoms with Gasteiger partial charge < -0.3 is 60.0 Å². The number of nitrogens with zero attached hydrogens (tertiary/aromatic N) is 10. The summed E-state index contributed by atoms with van der Waals surface area (Å²) >= 11 is 1.88. The minimum absolute atomic E-state index is 0.0240. The number of aliphatic hydroxyl groups excluding tert-OH is 1. The third kappa shape index (κ3) is 11.5. The van der Waals surface area contributed by atoms with Crippen LogP contribution in [0.2, 0.25) is 0 Å². The van der Waals surface area contributed by atoms with E-state index in [2.05, 4.69) is 82.1 Å². The van der Waals surface area contributed by atoms with E-state index >= 15 is 0 Å². The molecule has 0 bridgehead atoms. The molecular weight excluding hydrogens is 955 g/mol. The molecule has 11 rings (SSSR count). The number of β-amino-alcohol motifs (C(OH)–C–C–N with tert-alkyl or cyclic N) is 1. The van der Waals surface area contributed by atoms with E-state index < -0.39 is 6.10 Å². The summed E-state index contributed by atoms with van der Waals surface area (Å²) in [5.74, 6) is 4.34. The summed E-state index contributed by atoms with van der Waals surface area (Å²) in [6.45, 7) is 17.5. The molecule has 4 saturated heterocycles. The van der Waals surface area contributed by atoms with Crippen molar-refractivity contribution in [1.82, 2.24) is 45.8 Å². The minimum Gasteiger partial charge on any atom is -0.507 e. The lowest BCUT2D eigenvalue weighted by atomic mass is 9.60. The lowest BCUT2D eigenvalue weighted by Gasteiger charge is -2.61. The zero-order valence-electron chi connectivity index (χ0n) is 43.5. The van der Waals surface area contributed by atoms with Crippen molar-refractivity contribution in [2.45, 2.75) is 83.4 Å². The van der Waals surface area contributed by atoms with Crippen LogP contribution in [-0.4, -0.2) is 156 Å². The maximum absolute atomic E-state index is 13.3. The number of aliphatic hydroxyl groups is 1. The molecule has 18 nitrogen and oxygen atoms in total. The van der Waals surface area contributed by atoms with Crippen LogP contribution in [0.5, 0.6) is 5.75 Å². The summed E-state index contributed by atoms with van der Waals surface area (Å²) in [5, 5.41) is 43.2. The van der Waals surface area contributed by atoms with Gasteiger partial charge in [0.2, 0.25) is 11.9 Å². The molecule has 8 heterocycles. The van der Waals surface area contributed by atoms with E-state index in [9.17, 15) is 15.0 Å². The quantitative estimate of drug-likeness (QED) is 0.0868. The maximum atomic E-state index is 13.3. The van der Waals surface area contributed by atoms with E-state index in [1.54, 1.807) is 17.0 Å². The molecule has 5 aromatic rings. The van der Waals surface area contributed by atoms with Gasteiger partial charge in [-0.05, 0) is 106 Å². The molecule has 0 radical (unpaired) electrons. The van der Waals surface area contributed by atoms with Gasteiger partial charge in [0.05, 0.1) is 23.4 Å². The number of para-hydroxylation sites is 1. The normalized spacial score (nSPS) is 20.3. The summed E-state index contributed by atoms with van der Waals surface area (Å²) in [4.78, 5) is 43.7. The monoisotopic (exact) mass is 1030 g/mol. The number of thioether (sulfide) groups is 1.